The highest BCUT2D eigenvalue weighted by molar-refractivity contribution is 7.92. The van der Waals surface area contributed by atoms with Crippen molar-refractivity contribution < 1.29 is 22.5 Å². The first kappa shape index (κ1) is 19.6. The second kappa shape index (κ2) is 7.64. The van der Waals surface area contributed by atoms with Gasteiger partial charge in [-0.3, -0.25) is 24.6 Å². The first-order valence-corrected chi connectivity index (χ1v) is 8.70. The van der Waals surface area contributed by atoms with Gasteiger partial charge in [0.15, 0.2) is 0 Å². The Labute approximate surface area is 152 Å². The Hall–Kier alpha value is -2.76. The van der Waals surface area contributed by atoms with Crippen molar-refractivity contribution in [1.82, 2.24) is 5.43 Å². The summed E-state index contributed by atoms with van der Waals surface area (Å²) in [6, 6.07) is 6.94. The van der Waals surface area contributed by atoms with Crippen LogP contribution in [0.1, 0.15) is 0 Å². The SMILES string of the molecule is NNC(=O)CN(c1cc([N+](=O)[O-])ccc1Cl)S(=O)(=O)c1ccc(F)cc1. The molecule has 1 amide bonds. The molecule has 0 bridgehead atoms. The highest BCUT2D eigenvalue weighted by Crippen LogP contribution is 2.33. The molecule has 0 unspecified atom stereocenters. The second-order valence-electron chi connectivity index (χ2n) is 4.93. The number of rotatable bonds is 6. The van der Waals surface area contributed by atoms with Gasteiger partial charge in [0.25, 0.3) is 21.6 Å². The lowest BCUT2D eigenvalue weighted by molar-refractivity contribution is -0.384. The van der Waals surface area contributed by atoms with Gasteiger partial charge in [0.05, 0.1) is 20.5 Å². The summed E-state index contributed by atoms with van der Waals surface area (Å²) in [4.78, 5) is 21.6. The number of hydrogen-bond acceptors (Lipinski definition) is 6. The molecular formula is C14H12ClFN4O5S. The lowest BCUT2D eigenvalue weighted by Gasteiger charge is -2.24. The van der Waals surface area contributed by atoms with Gasteiger partial charge >= 0.3 is 0 Å². The number of carbonyl (C=O) groups excluding carboxylic acids is 1. The van der Waals surface area contributed by atoms with Gasteiger partial charge in [0.2, 0.25) is 0 Å². The molecule has 2 aromatic rings. The van der Waals surface area contributed by atoms with Crippen molar-refractivity contribution >= 4 is 38.9 Å². The van der Waals surface area contributed by atoms with Crippen molar-refractivity contribution in [3.8, 4) is 0 Å². The average molecular weight is 403 g/mol. The minimum Gasteiger partial charge on any atom is -0.293 e. The number of nitro groups is 1. The van der Waals surface area contributed by atoms with Crippen LogP contribution in [0.15, 0.2) is 47.4 Å². The molecular weight excluding hydrogens is 391 g/mol. The maximum Gasteiger partial charge on any atom is 0.271 e. The van der Waals surface area contributed by atoms with E-state index in [-0.39, 0.29) is 15.6 Å². The number of non-ortho nitro benzene ring substituents is 1. The summed E-state index contributed by atoms with van der Waals surface area (Å²) in [7, 11) is -4.40. The van der Waals surface area contributed by atoms with Gasteiger partial charge in [0.1, 0.15) is 12.4 Å². The van der Waals surface area contributed by atoms with Crippen LogP contribution >= 0.6 is 11.6 Å². The van der Waals surface area contributed by atoms with E-state index in [0.29, 0.717) is 4.31 Å². The topological polar surface area (TPSA) is 136 Å². The summed E-state index contributed by atoms with van der Waals surface area (Å²) >= 11 is 5.99. The molecule has 138 valence electrons. The third-order valence-corrected chi connectivity index (χ3v) is 5.35. The molecule has 26 heavy (non-hydrogen) atoms. The molecule has 2 aromatic carbocycles. The van der Waals surface area contributed by atoms with E-state index in [1.165, 1.54) is 0 Å². The molecule has 3 N–H and O–H groups in total. The summed E-state index contributed by atoms with van der Waals surface area (Å²) in [6.07, 6.45) is 0. The van der Waals surface area contributed by atoms with Crippen LogP contribution in [0.4, 0.5) is 15.8 Å². The molecule has 0 spiro atoms. The maximum atomic E-state index is 13.1. The van der Waals surface area contributed by atoms with Crippen LogP contribution in [0.2, 0.25) is 5.02 Å². The number of amides is 1. The van der Waals surface area contributed by atoms with E-state index < -0.39 is 38.9 Å². The van der Waals surface area contributed by atoms with Gasteiger partial charge in [-0.2, -0.15) is 0 Å². The highest BCUT2D eigenvalue weighted by Gasteiger charge is 2.30. The number of halogens is 2. The van der Waals surface area contributed by atoms with Gasteiger partial charge in [-0.25, -0.2) is 18.7 Å². The molecule has 9 nitrogen and oxygen atoms in total. The molecule has 0 aliphatic carbocycles. The van der Waals surface area contributed by atoms with Gasteiger partial charge in [-0.1, -0.05) is 11.6 Å². The van der Waals surface area contributed by atoms with Crippen LogP contribution in [0.25, 0.3) is 0 Å². The van der Waals surface area contributed by atoms with E-state index in [1.807, 2.05) is 0 Å². The zero-order valence-electron chi connectivity index (χ0n) is 12.9. The first-order valence-electron chi connectivity index (χ1n) is 6.88. The zero-order valence-corrected chi connectivity index (χ0v) is 14.5. The minimum absolute atomic E-state index is 0.147. The van der Waals surface area contributed by atoms with Crippen LogP contribution in [0.5, 0.6) is 0 Å². The lowest BCUT2D eigenvalue weighted by Crippen LogP contribution is -2.43. The van der Waals surface area contributed by atoms with E-state index in [9.17, 15) is 27.7 Å². The minimum atomic E-state index is -4.40. The number of carbonyl (C=O) groups is 1. The van der Waals surface area contributed by atoms with E-state index >= 15 is 0 Å². The van der Waals surface area contributed by atoms with Crippen molar-refractivity contribution in [2.45, 2.75) is 4.90 Å². The number of nitrogens with zero attached hydrogens (tertiary/aromatic N) is 2. The van der Waals surface area contributed by atoms with Crippen LogP contribution in [0.3, 0.4) is 0 Å². The second-order valence-corrected chi connectivity index (χ2v) is 7.20. The summed E-state index contributed by atoms with van der Waals surface area (Å²) in [5, 5.41) is 10.8. The smallest absolute Gasteiger partial charge is 0.271 e. The molecule has 0 aromatic heterocycles. The number of nitrogens with one attached hydrogen (secondary N) is 1. The van der Waals surface area contributed by atoms with Gasteiger partial charge < -0.3 is 0 Å². The number of sulfonamides is 1. The summed E-state index contributed by atoms with van der Waals surface area (Å²) in [5.41, 5.74) is 1.04. The predicted octanol–water partition coefficient (Wildman–Crippen LogP) is 1.57. The Morgan fingerprint density at radius 2 is 1.88 bits per heavy atom. The van der Waals surface area contributed by atoms with Crippen LogP contribution < -0.4 is 15.6 Å². The molecule has 0 heterocycles. The number of hydrazine groups is 1. The lowest BCUT2D eigenvalue weighted by atomic mass is 10.3. The molecule has 0 aliphatic rings. The Balaban J connectivity index is 2.64. The monoisotopic (exact) mass is 402 g/mol. The number of hydrogen-bond donors (Lipinski definition) is 2. The van der Waals surface area contributed by atoms with Crippen LogP contribution in [-0.4, -0.2) is 25.8 Å². The normalized spacial score (nSPS) is 11.0. The summed E-state index contributed by atoms with van der Waals surface area (Å²) in [6.45, 7) is -0.795. The number of nitrogens with two attached hydrogens (primary N) is 1. The fraction of sp³-hybridized carbons (Fsp3) is 0.0714. The summed E-state index contributed by atoms with van der Waals surface area (Å²) < 4.78 is 39.4. The zero-order chi connectivity index (χ0) is 19.5. The summed E-state index contributed by atoms with van der Waals surface area (Å²) in [5.74, 6) is 3.45. The molecule has 0 atom stereocenters. The molecule has 0 radical (unpaired) electrons. The van der Waals surface area contributed by atoms with Crippen molar-refractivity contribution in [1.29, 1.82) is 0 Å². The molecule has 0 aliphatic heterocycles. The standard InChI is InChI=1S/C14H12ClFN4O5S/c15-12-6-3-10(20(22)23)7-13(12)19(8-14(21)18-17)26(24,25)11-4-1-9(16)2-5-11/h1-7H,8,17H2,(H,18,21). The Morgan fingerprint density at radius 3 is 2.42 bits per heavy atom. The third kappa shape index (κ3) is 4.07. The first-order chi connectivity index (χ1) is 12.2. The number of benzene rings is 2. The highest BCUT2D eigenvalue weighted by atomic mass is 35.5. The quantitative estimate of drug-likeness (QED) is 0.326. The molecule has 12 heteroatoms. The molecule has 0 saturated carbocycles. The maximum absolute atomic E-state index is 13.1. The van der Waals surface area contributed by atoms with Gasteiger partial charge in [-0.15, -0.1) is 0 Å². The third-order valence-electron chi connectivity index (χ3n) is 3.26. The average Bonchev–Trinajstić information content (AvgIpc) is 2.60. The Kier molecular flexibility index (Phi) is 5.75. The van der Waals surface area contributed by atoms with Gasteiger partial charge in [-0.05, 0) is 30.3 Å². The van der Waals surface area contributed by atoms with Crippen LogP contribution in [0, 0.1) is 15.9 Å². The van der Waals surface area contributed by atoms with Crippen LogP contribution in [-0.2, 0) is 14.8 Å². The molecule has 0 saturated heterocycles. The largest absolute Gasteiger partial charge is 0.293 e. The van der Waals surface area contributed by atoms with E-state index in [4.69, 9.17) is 17.4 Å². The van der Waals surface area contributed by atoms with Crippen molar-refractivity contribution in [2.75, 3.05) is 10.8 Å². The molecule has 2 rings (SSSR count). The van der Waals surface area contributed by atoms with E-state index in [2.05, 4.69) is 0 Å². The Morgan fingerprint density at radius 1 is 1.27 bits per heavy atom. The number of anilines is 1. The van der Waals surface area contributed by atoms with Crippen molar-refractivity contribution in [3.63, 3.8) is 0 Å². The Bertz CT molecular complexity index is 952. The van der Waals surface area contributed by atoms with E-state index in [1.54, 1.807) is 5.43 Å². The fourth-order valence-corrected chi connectivity index (χ4v) is 3.72. The fourth-order valence-electron chi connectivity index (χ4n) is 2.02. The van der Waals surface area contributed by atoms with Gasteiger partial charge in [0, 0.05) is 12.1 Å². The number of nitro benzene ring substituents is 1. The van der Waals surface area contributed by atoms with Crippen molar-refractivity contribution in [2.24, 2.45) is 5.84 Å². The van der Waals surface area contributed by atoms with E-state index in [0.717, 1.165) is 42.5 Å². The predicted molar refractivity (Wildman–Crippen MR) is 91.4 cm³/mol. The van der Waals surface area contributed by atoms with Crippen molar-refractivity contribution in [3.05, 3.63) is 63.4 Å². The molecule has 0 fully saturated rings.